The van der Waals surface area contributed by atoms with E-state index in [1.165, 1.54) is 0 Å². The minimum atomic E-state index is -0.0202. The SMILES string of the molecule is CNCCN(C)C(=O)c1ccccc1OCC1CCCO1. The number of hydrogen-bond donors (Lipinski definition) is 1. The van der Waals surface area contributed by atoms with Gasteiger partial charge in [0.05, 0.1) is 11.7 Å². The van der Waals surface area contributed by atoms with E-state index < -0.39 is 0 Å². The molecule has 116 valence electrons. The zero-order valence-electron chi connectivity index (χ0n) is 12.8. The number of likely N-dealkylation sites (N-methyl/N-ethyl adjacent to an activating group) is 2. The van der Waals surface area contributed by atoms with Crippen LogP contribution in [0.25, 0.3) is 0 Å². The summed E-state index contributed by atoms with van der Waals surface area (Å²) < 4.78 is 11.4. The molecular formula is C16H24N2O3. The van der Waals surface area contributed by atoms with Gasteiger partial charge in [-0.05, 0) is 32.0 Å². The number of nitrogens with one attached hydrogen (secondary N) is 1. The molecule has 1 amide bonds. The van der Waals surface area contributed by atoms with E-state index >= 15 is 0 Å². The zero-order valence-corrected chi connectivity index (χ0v) is 12.8. The van der Waals surface area contributed by atoms with Gasteiger partial charge in [-0.25, -0.2) is 0 Å². The Kier molecular flexibility index (Phi) is 6.02. The number of carbonyl (C=O) groups excluding carboxylic acids is 1. The van der Waals surface area contributed by atoms with Crippen LogP contribution < -0.4 is 10.1 Å². The van der Waals surface area contributed by atoms with Gasteiger partial charge in [0.25, 0.3) is 5.91 Å². The molecule has 0 aromatic heterocycles. The maximum Gasteiger partial charge on any atom is 0.257 e. The molecule has 1 N–H and O–H groups in total. The maximum atomic E-state index is 12.5. The van der Waals surface area contributed by atoms with E-state index in [4.69, 9.17) is 9.47 Å². The number of nitrogens with zero attached hydrogens (tertiary/aromatic N) is 1. The quantitative estimate of drug-likeness (QED) is 0.828. The van der Waals surface area contributed by atoms with Gasteiger partial charge in [-0.2, -0.15) is 0 Å². The van der Waals surface area contributed by atoms with Crippen molar-refractivity contribution in [2.75, 3.05) is 40.4 Å². The maximum absolute atomic E-state index is 12.5. The van der Waals surface area contributed by atoms with E-state index in [1.807, 2.05) is 31.3 Å². The first-order valence-corrected chi connectivity index (χ1v) is 7.46. The standard InChI is InChI=1S/C16H24N2O3/c1-17-9-10-18(2)16(19)14-7-3-4-8-15(14)21-12-13-6-5-11-20-13/h3-4,7-8,13,17H,5-6,9-12H2,1-2H3. The Balaban J connectivity index is 1.99. The molecule has 0 aliphatic carbocycles. The Morgan fingerprint density at radius 1 is 1.48 bits per heavy atom. The number of rotatable bonds is 7. The Morgan fingerprint density at radius 2 is 2.29 bits per heavy atom. The Hall–Kier alpha value is -1.59. The van der Waals surface area contributed by atoms with Gasteiger partial charge in [-0.1, -0.05) is 12.1 Å². The van der Waals surface area contributed by atoms with Gasteiger partial charge >= 0.3 is 0 Å². The fourth-order valence-electron chi connectivity index (χ4n) is 2.31. The molecular weight excluding hydrogens is 268 g/mol. The minimum absolute atomic E-state index is 0.0202. The molecule has 0 radical (unpaired) electrons. The molecule has 1 aliphatic rings. The molecule has 0 bridgehead atoms. The molecule has 1 fully saturated rings. The third-order valence-corrected chi connectivity index (χ3v) is 3.61. The molecule has 1 atom stereocenters. The van der Waals surface area contributed by atoms with Crippen LogP contribution in [0.5, 0.6) is 5.75 Å². The summed E-state index contributed by atoms with van der Waals surface area (Å²) in [6.07, 6.45) is 2.26. The first kappa shape index (κ1) is 15.8. The van der Waals surface area contributed by atoms with Crippen molar-refractivity contribution in [2.45, 2.75) is 18.9 Å². The zero-order chi connectivity index (χ0) is 15.1. The lowest BCUT2D eigenvalue weighted by atomic mass is 10.1. The lowest BCUT2D eigenvalue weighted by molar-refractivity contribution is 0.0658. The van der Waals surface area contributed by atoms with Gasteiger partial charge in [-0.15, -0.1) is 0 Å². The fourth-order valence-corrected chi connectivity index (χ4v) is 2.31. The van der Waals surface area contributed by atoms with Crippen LogP contribution in [-0.2, 0) is 4.74 Å². The van der Waals surface area contributed by atoms with Crippen LogP contribution in [0, 0.1) is 0 Å². The number of carbonyl (C=O) groups is 1. The van der Waals surface area contributed by atoms with E-state index in [1.54, 1.807) is 11.9 Å². The lowest BCUT2D eigenvalue weighted by Gasteiger charge is -2.19. The Morgan fingerprint density at radius 3 is 3.00 bits per heavy atom. The summed E-state index contributed by atoms with van der Waals surface area (Å²) >= 11 is 0. The van der Waals surface area contributed by atoms with Gasteiger partial charge < -0.3 is 19.7 Å². The molecule has 0 spiro atoms. The number of para-hydroxylation sites is 1. The first-order chi connectivity index (χ1) is 10.2. The van der Waals surface area contributed by atoms with Gasteiger partial charge in [0.2, 0.25) is 0 Å². The molecule has 2 rings (SSSR count). The van der Waals surface area contributed by atoms with Crippen LogP contribution in [0.3, 0.4) is 0 Å². The predicted molar refractivity (Wildman–Crippen MR) is 81.8 cm³/mol. The number of benzene rings is 1. The molecule has 5 nitrogen and oxygen atoms in total. The van der Waals surface area contributed by atoms with E-state index in [2.05, 4.69) is 5.32 Å². The summed E-state index contributed by atoms with van der Waals surface area (Å²) in [5.41, 5.74) is 0.606. The van der Waals surface area contributed by atoms with Crippen LogP contribution in [0.2, 0.25) is 0 Å². The molecule has 1 heterocycles. The number of ether oxygens (including phenoxy) is 2. The molecule has 1 saturated heterocycles. The third-order valence-electron chi connectivity index (χ3n) is 3.61. The summed E-state index contributed by atoms with van der Waals surface area (Å²) in [5, 5.41) is 3.04. The van der Waals surface area contributed by atoms with Crippen LogP contribution in [-0.4, -0.2) is 57.3 Å². The predicted octanol–water partition coefficient (Wildman–Crippen LogP) is 1.54. The second-order valence-electron chi connectivity index (χ2n) is 5.27. The van der Waals surface area contributed by atoms with Crippen molar-refractivity contribution in [1.82, 2.24) is 10.2 Å². The summed E-state index contributed by atoms with van der Waals surface area (Å²) in [4.78, 5) is 14.2. The Bertz CT molecular complexity index is 459. The highest BCUT2D eigenvalue weighted by Crippen LogP contribution is 2.21. The summed E-state index contributed by atoms with van der Waals surface area (Å²) in [5.74, 6) is 0.613. The van der Waals surface area contributed by atoms with E-state index in [0.29, 0.717) is 24.5 Å². The van der Waals surface area contributed by atoms with Crippen LogP contribution >= 0.6 is 0 Å². The monoisotopic (exact) mass is 292 g/mol. The van der Waals surface area contributed by atoms with Crippen molar-refractivity contribution in [3.63, 3.8) is 0 Å². The molecule has 1 aromatic carbocycles. The highest BCUT2D eigenvalue weighted by Gasteiger charge is 2.19. The highest BCUT2D eigenvalue weighted by atomic mass is 16.5. The molecule has 5 heteroatoms. The van der Waals surface area contributed by atoms with Crippen LogP contribution in [0.4, 0.5) is 0 Å². The van der Waals surface area contributed by atoms with Crippen molar-refractivity contribution < 1.29 is 14.3 Å². The van der Waals surface area contributed by atoms with Crippen molar-refractivity contribution in [3.05, 3.63) is 29.8 Å². The van der Waals surface area contributed by atoms with Gasteiger partial charge in [0.15, 0.2) is 0 Å². The second-order valence-corrected chi connectivity index (χ2v) is 5.27. The molecule has 0 saturated carbocycles. The lowest BCUT2D eigenvalue weighted by Crippen LogP contribution is -2.33. The van der Waals surface area contributed by atoms with E-state index in [0.717, 1.165) is 26.0 Å². The largest absolute Gasteiger partial charge is 0.490 e. The smallest absolute Gasteiger partial charge is 0.257 e. The summed E-state index contributed by atoms with van der Waals surface area (Å²) in [6.45, 7) is 2.74. The normalized spacial score (nSPS) is 17.7. The first-order valence-electron chi connectivity index (χ1n) is 7.46. The number of hydrogen-bond acceptors (Lipinski definition) is 4. The average molecular weight is 292 g/mol. The van der Waals surface area contributed by atoms with Crippen molar-refractivity contribution in [2.24, 2.45) is 0 Å². The Labute approximate surface area is 126 Å². The van der Waals surface area contributed by atoms with Crippen LogP contribution in [0.1, 0.15) is 23.2 Å². The highest BCUT2D eigenvalue weighted by molar-refractivity contribution is 5.96. The minimum Gasteiger partial charge on any atom is -0.490 e. The molecule has 21 heavy (non-hydrogen) atoms. The topological polar surface area (TPSA) is 50.8 Å². The fraction of sp³-hybridized carbons (Fsp3) is 0.562. The van der Waals surface area contributed by atoms with E-state index in [9.17, 15) is 4.79 Å². The number of amides is 1. The van der Waals surface area contributed by atoms with Gasteiger partial charge in [0, 0.05) is 26.7 Å². The van der Waals surface area contributed by atoms with Crippen molar-refractivity contribution >= 4 is 5.91 Å². The molecule has 1 aliphatic heterocycles. The van der Waals surface area contributed by atoms with E-state index in [-0.39, 0.29) is 12.0 Å². The molecule has 1 unspecified atom stereocenters. The van der Waals surface area contributed by atoms with Crippen LogP contribution in [0.15, 0.2) is 24.3 Å². The summed E-state index contributed by atoms with van der Waals surface area (Å²) in [7, 11) is 3.67. The van der Waals surface area contributed by atoms with Crippen molar-refractivity contribution in [3.8, 4) is 5.75 Å². The van der Waals surface area contributed by atoms with Crippen molar-refractivity contribution in [1.29, 1.82) is 0 Å². The summed E-state index contributed by atoms with van der Waals surface area (Å²) in [6, 6.07) is 7.39. The second kappa shape index (κ2) is 8.00. The third kappa shape index (κ3) is 4.44. The molecule has 1 aromatic rings. The van der Waals surface area contributed by atoms with Gasteiger partial charge in [0.1, 0.15) is 12.4 Å². The average Bonchev–Trinajstić information content (AvgIpc) is 3.03. The van der Waals surface area contributed by atoms with Gasteiger partial charge in [-0.3, -0.25) is 4.79 Å².